The molecular formula is C7H10O2. The molecule has 0 amide bonds. The summed E-state index contributed by atoms with van der Waals surface area (Å²) in [7, 11) is 0. The Kier molecular flexibility index (Phi) is 0.691. The summed E-state index contributed by atoms with van der Waals surface area (Å²) >= 11 is 0. The summed E-state index contributed by atoms with van der Waals surface area (Å²) < 4.78 is 10.9. The molecule has 1 aliphatic carbocycles. The first-order valence-electron chi connectivity index (χ1n) is 3.70. The van der Waals surface area contributed by atoms with E-state index < -0.39 is 0 Å². The second-order valence-corrected chi connectivity index (χ2v) is 3.33. The van der Waals surface area contributed by atoms with Crippen LogP contribution in [0.2, 0.25) is 0 Å². The van der Waals surface area contributed by atoms with Crippen LogP contribution >= 0.6 is 0 Å². The highest BCUT2D eigenvalue weighted by molar-refractivity contribution is 4.98. The first-order valence-corrected chi connectivity index (χ1v) is 3.70. The average Bonchev–Trinajstić information content (AvgIpc) is 2.50. The minimum atomic E-state index is 0.179. The molecule has 9 heavy (non-hydrogen) atoms. The third kappa shape index (κ3) is 0.528. The maximum Gasteiger partial charge on any atom is 0.158 e. The topological polar surface area (TPSA) is 18.5 Å². The minimum Gasteiger partial charge on any atom is -0.350 e. The first kappa shape index (κ1) is 4.69. The molecule has 4 unspecified atom stereocenters. The van der Waals surface area contributed by atoms with Crippen LogP contribution in [0.4, 0.5) is 0 Å². The van der Waals surface area contributed by atoms with E-state index in [0.29, 0.717) is 6.10 Å². The number of hydrogen-bond acceptors (Lipinski definition) is 2. The maximum atomic E-state index is 5.53. The van der Waals surface area contributed by atoms with E-state index >= 15 is 0 Å². The molecule has 0 radical (unpaired) electrons. The molecule has 2 nitrogen and oxygen atoms in total. The quantitative estimate of drug-likeness (QED) is 0.477. The lowest BCUT2D eigenvalue weighted by molar-refractivity contribution is -0.0850. The lowest BCUT2D eigenvalue weighted by Crippen LogP contribution is -2.20. The van der Waals surface area contributed by atoms with E-state index in [4.69, 9.17) is 9.47 Å². The zero-order valence-corrected chi connectivity index (χ0v) is 5.25. The van der Waals surface area contributed by atoms with Crippen molar-refractivity contribution in [1.82, 2.24) is 0 Å². The van der Waals surface area contributed by atoms with Crippen molar-refractivity contribution in [3.05, 3.63) is 0 Å². The van der Waals surface area contributed by atoms with Crippen LogP contribution in [0.1, 0.15) is 12.8 Å². The molecule has 1 saturated carbocycles. The lowest BCUT2D eigenvalue weighted by Gasteiger charge is -2.15. The standard InChI is InChI=1S/C7H10O2/c1-4-2-7-8-3-6(9-7)5(1)4/h4-7H,1-3H2. The Hall–Kier alpha value is -0.0800. The van der Waals surface area contributed by atoms with Gasteiger partial charge in [0.15, 0.2) is 6.29 Å². The van der Waals surface area contributed by atoms with Gasteiger partial charge in [0, 0.05) is 6.42 Å². The van der Waals surface area contributed by atoms with Crippen molar-refractivity contribution in [2.45, 2.75) is 25.2 Å². The van der Waals surface area contributed by atoms with Crippen LogP contribution in [0.3, 0.4) is 0 Å². The molecule has 2 saturated heterocycles. The van der Waals surface area contributed by atoms with Gasteiger partial charge >= 0.3 is 0 Å². The van der Waals surface area contributed by atoms with E-state index in [-0.39, 0.29) is 6.29 Å². The van der Waals surface area contributed by atoms with Crippen molar-refractivity contribution in [1.29, 1.82) is 0 Å². The predicted molar refractivity (Wildman–Crippen MR) is 30.8 cm³/mol. The molecule has 0 spiro atoms. The summed E-state index contributed by atoms with van der Waals surface area (Å²) in [5.74, 6) is 1.85. The summed E-state index contributed by atoms with van der Waals surface area (Å²) in [4.78, 5) is 0. The first-order chi connectivity index (χ1) is 4.43. The zero-order chi connectivity index (χ0) is 5.84. The van der Waals surface area contributed by atoms with Crippen LogP contribution in [0.25, 0.3) is 0 Å². The highest BCUT2D eigenvalue weighted by Crippen LogP contribution is 2.52. The molecule has 2 bridgehead atoms. The Bertz CT molecular complexity index is 144. The Balaban J connectivity index is 1.90. The molecule has 2 heterocycles. The number of rotatable bonds is 0. The molecule has 3 rings (SSSR count). The Morgan fingerprint density at radius 3 is 3.22 bits per heavy atom. The fourth-order valence-corrected chi connectivity index (χ4v) is 2.07. The van der Waals surface area contributed by atoms with Gasteiger partial charge in [0.05, 0.1) is 12.7 Å². The Morgan fingerprint density at radius 1 is 1.22 bits per heavy atom. The van der Waals surface area contributed by atoms with Gasteiger partial charge in [0.2, 0.25) is 0 Å². The van der Waals surface area contributed by atoms with Crippen molar-refractivity contribution in [3.63, 3.8) is 0 Å². The molecule has 0 N–H and O–H groups in total. The predicted octanol–water partition coefficient (Wildman–Crippen LogP) is 0.768. The van der Waals surface area contributed by atoms with Crippen molar-refractivity contribution >= 4 is 0 Å². The third-order valence-corrected chi connectivity index (χ3v) is 2.72. The molecule has 2 aliphatic heterocycles. The van der Waals surface area contributed by atoms with Crippen molar-refractivity contribution < 1.29 is 9.47 Å². The Morgan fingerprint density at radius 2 is 2.22 bits per heavy atom. The minimum absolute atomic E-state index is 0.179. The SMILES string of the molecule is C1C2OCC(O2)C2CC12. The van der Waals surface area contributed by atoms with Gasteiger partial charge in [0.25, 0.3) is 0 Å². The van der Waals surface area contributed by atoms with Crippen LogP contribution < -0.4 is 0 Å². The highest BCUT2D eigenvalue weighted by atomic mass is 16.7. The average molecular weight is 126 g/mol. The monoisotopic (exact) mass is 126 g/mol. The summed E-state index contributed by atoms with van der Waals surface area (Å²) in [6.07, 6.45) is 3.23. The molecular weight excluding hydrogens is 116 g/mol. The molecule has 2 heteroatoms. The second-order valence-electron chi connectivity index (χ2n) is 3.33. The van der Waals surface area contributed by atoms with E-state index in [0.717, 1.165) is 18.4 Å². The van der Waals surface area contributed by atoms with Gasteiger partial charge in [-0.1, -0.05) is 0 Å². The zero-order valence-electron chi connectivity index (χ0n) is 5.25. The van der Waals surface area contributed by atoms with Gasteiger partial charge in [-0.15, -0.1) is 0 Å². The van der Waals surface area contributed by atoms with Crippen LogP contribution in [0, 0.1) is 11.8 Å². The molecule has 3 aliphatic rings. The fourth-order valence-electron chi connectivity index (χ4n) is 2.07. The molecule has 3 fully saturated rings. The molecule has 4 atom stereocenters. The van der Waals surface area contributed by atoms with E-state index in [2.05, 4.69) is 0 Å². The maximum absolute atomic E-state index is 5.53. The summed E-state index contributed by atoms with van der Waals surface area (Å²) in [6, 6.07) is 0. The Labute approximate surface area is 54.1 Å². The molecule has 50 valence electrons. The number of fused-ring (bicyclic) bond motifs is 4. The molecule has 0 aromatic rings. The van der Waals surface area contributed by atoms with Crippen LogP contribution in [-0.4, -0.2) is 19.0 Å². The summed E-state index contributed by atoms with van der Waals surface area (Å²) in [6.45, 7) is 0.867. The molecule has 0 aromatic carbocycles. The molecule has 0 aromatic heterocycles. The van der Waals surface area contributed by atoms with Gasteiger partial charge < -0.3 is 9.47 Å². The van der Waals surface area contributed by atoms with E-state index in [1.54, 1.807) is 0 Å². The second kappa shape index (κ2) is 1.32. The van der Waals surface area contributed by atoms with Gasteiger partial charge in [-0.3, -0.25) is 0 Å². The van der Waals surface area contributed by atoms with Crippen molar-refractivity contribution in [2.75, 3.05) is 6.61 Å². The summed E-state index contributed by atoms with van der Waals surface area (Å²) in [5, 5.41) is 0. The lowest BCUT2D eigenvalue weighted by atomic mass is 10.1. The van der Waals surface area contributed by atoms with Crippen LogP contribution in [0.15, 0.2) is 0 Å². The van der Waals surface area contributed by atoms with E-state index in [1.807, 2.05) is 0 Å². The van der Waals surface area contributed by atoms with Crippen LogP contribution in [-0.2, 0) is 9.47 Å². The fraction of sp³-hybridized carbons (Fsp3) is 1.00. The van der Waals surface area contributed by atoms with Gasteiger partial charge in [-0.2, -0.15) is 0 Å². The van der Waals surface area contributed by atoms with E-state index in [9.17, 15) is 0 Å². The van der Waals surface area contributed by atoms with E-state index in [1.165, 1.54) is 12.8 Å². The largest absolute Gasteiger partial charge is 0.350 e. The third-order valence-electron chi connectivity index (χ3n) is 2.72. The smallest absolute Gasteiger partial charge is 0.158 e. The summed E-state index contributed by atoms with van der Waals surface area (Å²) in [5.41, 5.74) is 0. The van der Waals surface area contributed by atoms with Crippen LogP contribution in [0.5, 0.6) is 0 Å². The van der Waals surface area contributed by atoms with Gasteiger partial charge in [-0.05, 0) is 18.3 Å². The highest BCUT2D eigenvalue weighted by Gasteiger charge is 2.52. The van der Waals surface area contributed by atoms with Gasteiger partial charge in [0.1, 0.15) is 0 Å². The van der Waals surface area contributed by atoms with Gasteiger partial charge in [-0.25, -0.2) is 0 Å². The number of ether oxygens (including phenoxy) is 2. The van der Waals surface area contributed by atoms with Crippen molar-refractivity contribution in [2.24, 2.45) is 11.8 Å². The van der Waals surface area contributed by atoms with Crippen molar-refractivity contribution in [3.8, 4) is 0 Å². The number of hydrogen-bond donors (Lipinski definition) is 0. The normalized spacial score (nSPS) is 61.3.